The van der Waals surface area contributed by atoms with Crippen LogP contribution < -0.4 is 4.74 Å². The van der Waals surface area contributed by atoms with Crippen LogP contribution >= 0.6 is 27.7 Å². The zero-order valence-electron chi connectivity index (χ0n) is 17.7. The predicted molar refractivity (Wildman–Crippen MR) is 130 cm³/mol. The number of carbonyl (C=O) groups is 2. The van der Waals surface area contributed by atoms with E-state index < -0.39 is 18.4 Å². The van der Waals surface area contributed by atoms with Gasteiger partial charge in [0.2, 0.25) is 0 Å². The normalized spacial score (nSPS) is 19.5. The fraction of sp³-hybridized carbons (Fsp3) is 0.292. The van der Waals surface area contributed by atoms with Crippen LogP contribution in [-0.4, -0.2) is 39.7 Å². The van der Waals surface area contributed by atoms with E-state index in [1.54, 1.807) is 47.4 Å². The lowest BCUT2D eigenvalue weighted by Crippen LogP contribution is -2.40. The van der Waals surface area contributed by atoms with Gasteiger partial charge in [-0.15, -0.1) is 0 Å². The lowest BCUT2D eigenvalue weighted by molar-refractivity contribution is -0.139. The Morgan fingerprint density at radius 2 is 2.00 bits per heavy atom. The number of aliphatic imine (C=N–C) groups is 1. The minimum Gasteiger partial charge on any atom is -0.481 e. The van der Waals surface area contributed by atoms with Gasteiger partial charge in [0.1, 0.15) is 17.3 Å². The number of halogens is 2. The Hall–Kier alpha value is -2.65. The Morgan fingerprint density at radius 3 is 2.70 bits per heavy atom. The van der Waals surface area contributed by atoms with Crippen molar-refractivity contribution in [2.75, 3.05) is 6.61 Å². The van der Waals surface area contributed by atoms with Gasteiger partial charge in [-0.2, -0.15) is 0 Å². The summed E-state index contributed by atoms with van der Waals surface area (Å²) in [6.45, 7) is -0.445. The molecule has 1 amide bonds. The topological polar surface area (TPSA) is 79.2 Å². The molecule has 1 saturated carbocycles. The molecule has 2 aromatic rings. The number of thioether (sulfide) groups is 1. The number of amides is 1. The number of rotatable bonds is 6. The van der Waals surface area contributed by atoms with Gasteiger partial charge in [-0.05, 0) is 76.4 Å². The van der Waals surface area contributed by atoms with E-state index in [0.717, 1.165) is 37.7 Å². The number of para-hydroxylation sites is 1. The number of hydrogen-bond acceptors (Lipinski definition) is 5. The summed E-state index contributed by atoms with van der Waals surface area (Å²) in [4.78, 5) is 30.9. The number of carbonyl (C=O) groups excluding carboxylic acids is 1. The molecule has 6 nitrogen and oxygen atoms in total. The van der Waals surface area contributed by atoms with Crippen LogP contribution in [0.5, 0.6) is 5.75 Å². The maximum atomic E-state index is 14.3. The highest BCUT2D eigenvalue weighted by Crippen LogP contribution is 2.39. The second-order valence-corrected chi connectivity index (χ2v) is 9.66. The van der Waals surface area contributed by atoms with Gasteiger partial charge >= 0.3 is 5.97 Å². The Bertz CT molecular complexity index is 1130. The molecule has 1 saturated heterocycles. The Balaban J connectivity index is 1.64. The summed E-state index contributed by atoms with van der Waals surface area (Å²) in [6, 6.07) is 11.5. The van der Waals surface area contributed by atoms with Crippen LogP contribution in [-0.2, 0) is 9.59 Å². The molecule has 1 heterocycles. The van der Waals surface area contributed by atoms with Crippen molar-refractivity contribution in [1.82, 2.24) is 4.90 Å². The number of amidine groups is 1. The zero-order chi connectivity index (χ0) is 23.4. The number of nitrogens with zero attached hydrogens (tertiary/aromatic N) is 2. The van der Waals surface area contributed by atoms with E-state index in [2.05, 4.69) is 20.9 Å². The van der Waals surface area contributed by atoms with Crippen molar-refractivity contribution < 1.29 is 23.8 Å². The number of ether oxygens (including phenoxy) is 1. The van der Waals surface area contributed by atoms with Gasteiger partial charge in [-0.25, -0.2) is 14.2 Å². The van der Waals surface area contributed by atoms with E-state index in [4.69, 9.17) is 9.84 Å². The molecule has 0 unspecified atom stereocenters. The van der Waals surface area contributed by atoms with Crippen LogP contribution in [0, 0.1) is 5.82 Å². The third-order valence-electron chi connectivity index (χ3n) is 5.45. The summed E-state index contributed by atoms with van der Waals surface area (Å²) in [5, 5.41) is 9.28. The van der Waals surface area contributed by atoms with E-state index in [-0.39, 0.29) is 17.6 Å². The molecule has 2 aliphatic rings. The molecular formula is C24H22BrFN2O4S. The van der Waals surface area contributed by atoms with Gasteiger partial charge in [-0.3, -0.25) is 9.69 Å². The molecule has 0 bridgehead atoms. The molecule has 1 aliphatic carbocycles. The van der Waals surface area contributed by atoms with Gasteiger partial charge < -0.3 is 9.84 Å². The number of benzene rings is 2. The van der Waals surface area contributed by atoms with E-state index in [9.17, 15) is 14.0 Å². The number of carboxylic acid groups (broad SMARTS) is 1. The maximum Gasteiger partial charge on any atom is 0.341 e. The molecule has 2 aromatic carbocycles. The molecule has 9 heteroatoms. The number of aliphatic carboxylic acids is 1. The third kappa shape index (κ3) is 5.65. The van der Waals surface area contributed by atoms with Crippen molar-refractivity contribution in [2.24, 2.45) is 4.99 Å². The highest BCUT2D eigenvalue weighted by atomic mass is 79.9. The average Bonchev–Trinajstić information content (AvgIpc) is 3.09. The highest BCUT2D eigenvalue weighted by Gasteiger charge is 2.38. The fourth-order valence-corrected chi connectivity index (χ4v) is 5.45. The monoisotopic (exact) mass is 532 g/mol. The number of hydrogen-bond donors (Lipinski definition) is 1. The fourth-order valence-electron chi connectivity index (χ4n) is 3.89. The minimum atomic E-state index is -1.06. The van der Waals surface area contributed by atoms with Crippen molar-refractivity contribution >= 4 is 56.5 Å². The Morgan fingerprint density at radius 1 is 1.24 bits per heavy atom. The van der Waals surface area contributed by atoms with Gasteiger partial charge in [-0.1, -0.05) is 37.5 Å². The molecule has 2 fully saturated rings. The van der Waals surface area contributed by atoms with Gasteiger partial charge in [0.25, 0.3) is 5.91 Å². The van der Waals surface area contributed by atoms with Crippen molar-refractivity contribution in [2.45, 2.75) is 38.1 Å². The summed E-state index contributed by atoms with van der Waals surface area (Å²) in [5.74, 6) is -1.23. The van der Waals surface area contributed by atoms with E-state index in [1.807, 2.05) is 0 Å². The molecule has 0 aromatic heterocycles. The summed E-state index contributed by atoms with van der Waals surface area (Å²) in [7, 11) is 0. The Kier molecular flexibility index (Phi) is 7.49. The first-order chi connectivity index (χ1) is 15.9. The first-order valence-electron chi connectivity index (χ1n) is 10.6. The molecule has 1 N–H and O–H groups in total. The minimum absolute atomic E-state index is 0.0497. The maximum absolute atomic E-state index is 14.3. The Labute approximate surface area is 203 Å². The summed E-state index contributed by atoms with van der Waals surface area (Å²) in [5.41, 5.74) is 0.952. The van der Waals surface area contributed by atoms with Crippen molar-refractivity contribution in [3.63, 3.8) is 0 Å². The van der Waals surface area contributed by atoms with Crippen LogP contribution in [0.3, 0.4) is 0 Å². The third-order valence-corrected chi connectivity index (χ3v) is 7.05. The van der Waals surface area contributed by atoms with Crippen molar-refractivity contribution in [1.29, 1.82) is 0 Å². The molecule has 0 spiro atoms. The van der Waals surface area contributed by atoms with Crippen LogP contribution in [0.4, 0.5) is 10.1 Å². The van der Waals surface area contributed by atoms with E-state index >= 15 is 0 Å². The van der Waals surface area contributed by atoms with E-state index in [0.29, 0.717) is 20.3 Å². The van der Waals surface area contributed by atoms with Crippen LogP contribution in [0.1, 0.15) is 37.7 Å². The summed E-state index contributed by atoms with van der Waals surface area (Å²) < 4.78 is 20.1. The molecular weight excluding hydrogens is 511 g/mol. The lowest BCUT2D eigenvalue weighted by atomic mass is 9.94. The average molecular weight is 533 g/mol. The zero-order valence-corrected chi connectivity index (χ0v) is 20.1. The van der Waals surface area contributed by atoms with Crippen LogP contribution in [0.25, 0.3) is 6.08 Å². The standard InChI is InChI=1S/C24H22BrFN2O4S/c25-17-12-15(10-11-20(17)32-14-22(29)30)13-21-23(31)28(16-6-2-1-3-7-16)24(33-21)27-19-9-5-4-8-18(19)26/h4-5,8-13,16H,1-3,6-7,14H2,(H,29,30)/b21-13-,27-24?. The van der Waals surface area contributed by atoms with Crippen molar-refractivity contribution in [3.05, 3.63) is 63.2 Å². The van der Waals surface area contributed by atoms with Gasteiger partial charge in [0, 0.05) is 6.04 Å². The first kappa shape index (κ1) is 23.5. The predicted octanol–water partition coefficient (Wildman–Crippen LogP) is 5.99. The quantitative estimate of drug-likeness (QED) is 0.462. The highest BCUT2D eigenvalue weighted by molar-refractivity contribution is 9.10. The summed E-state index contributed by atoms with van der Waals surface area (Å²) in [6.07, 6.45) is 6.82. The second-order valence-electron chi connectivity index (χ2n) is 7.80. The molecule has 172 valence electrons. The number of carboxylic acids is 1. The second kappa shape index (κ2) is 10.5. The molecule has 0 radical (unpaired) electrons. The SMILES string of the molecule is O=C(O)COc1ccc(/C=C2\SC(=Nc3ccccc3F)N(C3CCCCC3)C2=O)cc1Br. The van der Waals surface area contributed by atoms with Crippen molar-refractivity contribution in [3.8, 4) is 5.75 Å². The smallest absolute Gasteiger partial charge is 0.341 e. The molecule has 33 heavy (non-hydrogen) atoms. The largest absolute Gasteiger partial charge is 0.481 e. The lowest BCUT2D eigenvalue weighted by Gasteiger charge is -2.30. The van der Waals surface area contributed by atoms with Gasteiger partial charge in [0.05, 0.1) is 9.38 Å². The molecule has 4 rings (SSSR count). The molecule has 0 atom stereocenters. The van der Waals surface area contributed by atoms with Crippen LogP contribution in [0.2, 0.25) is 0 Å². The van der Waals surface area contributed by atoms with Gasteiger partial charge in [0.15, 0.2) is 11.8 Å². The summed E-state index contributed by atoms with van der Waals surface area (Å²) >= 11 is 4.63. The first-order valence-corrected chi connectivity index (χ1v) is 12.2. The molecule has 1 aliphatic heterocycles. The van der Waals surface area contributed by atoms with Crippen LogP contribution in [0.15, 0.2) is 56.8 Å². The van der Waals surface area contributed by atoms with E-state index in [1.165, 1.54) is 17.8 Å².